The molecule has 5 heteroatoms. The van der Waals surface area contributed by atoms with E-state index < -0.39 is 0 Å². The highest BCUT2D eigenvalue weighted by atomic mass is 16.5. The van der Waals surface area contributed by atoms with Crippen LogP contribution in [0.3, 0.4) is 0 Å². The molecular weight excluding hydrogens is 374 g/mol. The summed E-state index contributed by atoms with van der Waals surface area (Å²) in [6.07, 6.45) is 4.82. The number of amides is 1. The lowest BCUT2D eigenvalue weighted by atomic mass is 10.1. The second kappa shape index (κ2) is 8.41. The molecule has 0 fully saturated rings. The molecule has 0 spiro atoms. The van der Waals surface area contributed by atoms with E-state index >= 15 is 0 Å². The van der Waals surface area contributed by atoms with Crippen molar-refractivity contribution in [3.05, 3.63) is 78.0 Å². The molecule has 0 bridgehead atoms. The van der Waals surface area contributed by atoms with Gasteiger partial charge in [0.25, 0.3) is 5.91 Å². The van der Waals surface area contributed by atoms with Gasteiger partial charge >= 0.3 is 0 Å². The molecule has 0 saturated heterocycles. The molecule has 4 rings (SSSR count). The average molecular weight is 399 g/mol. The first kappa shape index (κ1) is 19.7. The molecule has 3 aromatic carbocycles. The number of hydrogen-bond acceptors (Lipinski definition) is 3. The molecule has 1 amide bonds. The number of carbonyl (C=O) groups is 1. The van der Waals surface area contributed by atoms with Crippen molar-refractivity contribution in [3.63, 3.8) is 0 Å². The minimum atomic E-state index is -0.306. The van der Waals surface area contributed by atoms with Crippen LogP contribution in [-0.2, 0) is 0 Å². The van der Waals surface area contributed by atoms with Crippen molar-refractivity contribution in [1.82, 2.24) is 9.99 Å². The first-order chi connectivity index (χ1) is 14.6. The third-order valence-corrected chi connectivity index (χ3v) is 5.52. The number of methoxy groups -OCH3 is 1. The summed E-state index contributed by atoms with van der Waals surface area (Å²) in [7, 11) is 1.56. The van der Waals surface area contributed by atoms with Gasteiger partial charge in [-0.1, -0.05) is 49.4 Å². The predicted molar refractivity (Wildman–Crippen MR) is 123 cm³/mol. The Kier molecular flexibility index (Phi) is 5.53. The number of nitrogens with zero attached hydrogens (tertiary/aromatic N) is 2. The standard InChI is InChI=1S/C25H25N3O2/c1-4-17(2)28-16-20(21-11-7-8-12-23(21)28)15-26-27-25(29)22-13-18-9-5-6-10-19(18)14-24(22)30-3/h5-17H,4H2,1-3H3,(H,27,29)/b26-15-/t17-/m0/s1. The molecule has 0 unspecified atom stereocenters. The molecule has 5 nitrogen and oxygen atoms in total. The van der Waals surface area contributed by atoms with Crippen molar-refractivity contribution in [2.75, 3.05) is 7.11 Å². The van der Waals surface area contributed by atoms with Gasteiger partial charge < -0.3 is 9.30 Å². The van der Waals surface area contributed by atoms with Gasteiger partial charge in [-0.3, -0.25) is 4.79 Å². The Morgan fingerprint density at radius 2 is 1.83 bits per heavy atom. The Balaban J connectivity index is 1.61. The van der Waals surface area contributed by atoms with Gasteiger partial charge in [-0.25, -0.2) is 5.43 Å². The summed E-state index contributed by atoms with van der Waals surface area (Å²) >= 11 is 0. The van der Waals surface area contributed by atoms with Crippen LogP contribution in [-0.4, -0.2) is 23.8 Å². The van der Waals surface area contributed by atoms with E-state index in [1.54, 1.807) is 13.3 Å². The highest BCUT2D eigenvalue weighted by Gasteiger charge is 2.14. The minimum Gasteiger partial charge on any atom is -0.496 e. The van der Waals surface area contributed by atoms with Gasteiger partial charge in [0.2, 0.25) is 0 Å². The number of benzene rings is 3. The first-order valence-corrected chi connectivity index (χ1v) is 10.1. The summed E-state index contributed by atoms with van der Waals surface area (Å²) in [5, 5.41) is 7.34. The van der Waals surface area contributed by atoms with Crippen LogP contribution in [0.4, 0.5) is 0 Å². The van der Waals surface area contributed by atoms with Crippen molar-refractivity contribution in [2.24, 2.45) is 5.10 Å². The lowest BCUT2D eigenvalue weighted by Crippen LogP contribution is -2.18. The van der Waals surface area contributed by atoms with Crippen LogP contribution in [0, 0.1) is 0 Å². The minimum absolute atomic E-state index is 0.306. The number of fused-ring (bicyclic) bond motifs is 2. The van der Waals surface area contributed by atoms with E-state index in [1.807, 2.05) is 48.5 Å². The highest BCUT2D eigenvalue weighted by Crippen LogP contribution is 2.26. The monoisotopic (exact) mass is 399 g/mol. The molecule has 1 heterocycles. The maximum atomic E-state index is 12.8. The number of para-hydroxylation sites is 1. The molecular formula is C25H25N3O2. The molecule has 0 radical (unpaired) electrons. The van der Waals surface area contributed by atoms with E-state index in [1.165, 1.54) is 0 Å². The van der Waals surface area contributed by atoms with Crippen LogP contribution in [0.15, 0.2) is 72.0 Å². The van der Waals surface area contributed by atoms with Crippen LogP contribution in [0.1, 0.15) is 42.2 Å². The first-order valence-electron chi connectivity index (χ1n) is 10.1. The van der Waals surface area contributed by atoms with E-state index in [0.29, 0.717) is 17.4 Å². The zero-order valence-corrected chi connectivity index (χ0v) is 17.4. The second-order valence-corrected chi connectivity index (χ2v) is 7.36. The van der Waals surface area contributed by atoms with Gasteiger partial charge in [-0.15, -0.1) is 0 Å². The number of aromatic nitrogens is 1. The summed E-state index contributed by atoms with van der Waals surface area (Å²) in [6, 6.07) is 20.2. The van der Waals surface area contributed by atoms with Gasteiger partial charge in [0.15, 0.2) is 0 Å². The molecule has 0 aliphatic heterocycles. The third kappa shape index (κ3) is 3.66. The molecule has 1 aromatic heterocycles. The van der Waals surface area contributed by atoms with E-state index in [2.05, 4.69) is 47.3 Å². The zero-order valence-electron chi connectivity index (χ0n) is 17.4. The number of rotatable bonds is 6. The lowest BCUT2D eigenvalue weighted by Gasteiger charge is -2.12. The number of carbonyl (C=O) groups excluding carboxylic acids is 1. The SMILES string of the molecule is CC[C@H](C)n1cc(/C=N\NC(=O)c2cc3ccccc3cc2OC)c2ccccc21. The quantitative estimate of drug-likeness (QED) is 0.342. The predicted octanol–water partition coefficient (Wildman–Crippen LogP) is 5.54. The fraction of sp³-hybridized carbons (Fsp3) is 0.200. The third-order valence-electron chi connectivity index (χ3n) is 5.52. The Morgan fingerprint density at radius 3 is 2.57 bits per heavy atom. The topological polar surface area (TPSA) is 55.6 Å². The smallest absolute Gasteiger partial charge is 0.275 e. The van der Waals surface area contributed by atoms with Crippen LogP contribution < -0.4 is 10.2 Å². The molecule has 0 aliphatic carbocycles. The maximum absolute atomic E-state index is 12.8. The molecule has 4 aromatic rings. The van der Waals surface area contributed by atoms with Crippen molar-refractivity contribution in [3.8, 4) is 5.75 Å². The highest BCUT2D eigenvalue weighted by molar-refractivity contribution is 6.03. The summed E-state index contributed by atoms with van der Waals surface area (Å²) in [5.74, 6) is 0.217. The molecule has 0 aliphatic rings. The molecule has 1 N–H and O–H groups in total. The summed E-state index contributed by atoms with van der Waals surface area (Å²) < 4.78 is 7.68. The fourth-order valence-corrected chi connectivity index (χ4v) is 3.68. The average Bonchev–Trinajstić information content (AvgIpc) is 3.16. The van der Waals surface area contributed by atoms with E-state index in [0.717, 1.165) is 33.7 Å². The molecule has 152 valence electrons. The second-order valence-electron chi connectivity index (χ2n) is 7.36. The van der Waals surface area contributed by atoms with Crippen LogP contribution >= 0.6 is 0 Å². The summed E-state index contributed by atoms with van der Waals surface area (Å²) in [6.45, 7) is 4.37. The van der Waals surface area contributed by atoms with Gasteiger partial charge in [0.1, 0.15) is 5.75 Å². The number of ether oxygens (including phenoxy) is 1. The van der Waals surface area contributed by atoms with E-state index in [-0.39, 0.29) is 5.91 Å². The number of nitrogens with one attached hydrogen (secondary N) is 1. The van der Waals surface area contributed by atoms with Gasteiger partial charge in [-0.2, -0.15) is 5.10 Å². The van der Waals surface area contributed by atoms with Crippen LogP contribution in [0.25, 0.3) is 21.7 Å². The van der Waals surface area contributed by atoms with Crippen LogP contribution in [0.2, 0.25) is 0 Å². The Hall–Kier alpha value is -3.60. The Bertz CT molecular complexity index is 1240. The van der Waals surface area contributed by atoms with E-state index in [4.69, 9.17) is 4.74 Å². The van der Waals surface area contributed by atoms with Crippen molar-refractivity contribution >= 4 is 33.8 Å². The van der Waals surface area contributed by atoms with Crippen molar-refractivity contribution in [2.45, 2.75) is 26.3 Å². The normalized spacial score (nSPS) is 12.5. The van der Waals surface area contributed by atoms with Crippen LogP contribution in [0.5, 0.6) is 5.75 Å². The zero-order chi connectivity index (χ0) is 21.1. The summed E-state index contributed by atoms with van der Waals surface area (Å²) in [4.78, 5) is 12.8. The molecule has 30 heavy (non-hydrogen) atoms. The van der Waals surface area contributed by atoms with Crippen molar-refractivity contribution < 1.29 is 9.53 Å². The van der Waals surface area contributed by atoms with Crippen molar-refractivity contribution in [1.29, 1.82) is 0 Å². The van der Waals surface area contributed by atoms with Gasteiger partial charge in [0.05, 0.1) is 18.9 Å². The largest absolute Gasteiger partial charge is 0.496 e. The lowest BCUT2D eigenvalue weighted by molar-refractivity contribution is 0.0952. The fourth-order valence-electron chi connectivity index (χ4n) is 3.68. The Labute approximate surface area is 176 Å². The molecule has 0 saturated carbocycles. The van der Waals surface area contributed by atoms with Gasteiger partial charge in [-0.05, 0) is 42.3 Å². The maximum Gasteiger partial charge on any atom is 0.275 e. The molecule has 1 atom stereocenters. The van der Waals surface area contributed by atoms with E-state index in [9.17, 15) is 4.79 Å². The summed E-state index contributed by atoms with van der Waals surface area (Å²) in [5.41, 5.74) is 5.23. The van der Waals surface area contributed by atoms with Gasteiger partial charge in [0, 0.05) is 28.7 Å². The number of hydrogen-bond donors (Lipinski definition) is 1. The Morgan fingerprint density at radius 1 is 1.13 bits per heavy atom. The number of hydrazone groups is 1.